The van der Waals surface area contributed by atoms with Crippen LogP contribution in [0, 0.1) is 5.82 Å². The van der Waals surface area contributed by atoms with Gasteiger partial charge in [-0.1, -0.05) is 23.8 Å². The summed E-state index contributed by atoms with van der Waals surface area (Å²) in [5, 5.41) is 6.33. The van der Waals surface area contributed by atoms with Crippen LogP contribution in [0.1, 0.15) is 19.3 Å². The number of piperidine rings is 1. The van der Waals surface area contributed by atoms with Crippen LogP contribution in [-0.4, -0.2) is 52.5 Å². The highest BCUT2D eigenvalue weighted by Gasteiger charge is 2.40. The zero-order chi connectivity index (χ0) is 23.7. The first-order chi connectivity index (χ1) is 16.4. The lowest BCUT2D eigenvalue weighted by Gasteiger charge is -2.35. The quantitative estimate of drug-likeness (QED) is 0.369. The zero-order valence-electron chi connectivity index (χ0n) is 18.1. The van der Waals surface area contributed by atoms with Gasteiger partial charge in [0.15, 0.2) is 5.13 Å². The summed E-state index contributed by atoms with van der Waals surface area (Å²) in [6, 6.07) is 8.52. The van der Waals surface area contributed by atoms with E-state index in [1.165, 1.54) is 32.7 Å². The number of carbonyl (C=O) groups is 1. The zero-order valence-corrected chi connectivity index (χ0v) is 20.5. The largest absolute Gasteiger partial charge is 0.285 e. The van der Waals surface area contributed by atoms with Gasteiger partial charge < -0.3 is 0 Å². The fourth-order valence-corrected chi connectivity index (χ4v) is 7.87. The van der Waals surface area contributed by atoms with Crippen molar-refractivity contribution in [3.8, 4) is 0 Å². The monoisotopic (exact) mass is 519 g/mol. The van der Waals surface area contributed by atoms with Crippen molar-refractivity contribution >= 4 is 54.0 Å². The van der Waals surface area contributed by atoms with Crippen molar-refractivity contribution in [1.29, 1.82) is 0 Å². The molecule has 0 aliphatic carbocycles. The summed E-state index contributed by atoms with van der Waals surface area (Å²) in [4.78, 5) is 20.0. The Bertz CT molecular complexity index is 1390. The Morgan fingerprint density at radius 3 is 2.88 bits per heavy atom. The van der Waals surface area contributed by atoms with E-state index in [1.54, 1.807) is 46.7 Å². The Morgan fingerprint density at radius 1 is 1.24 bits per heavy atom. The van der Waals surface area contributed by atoms with Crippen LogP contribution in [0.15, 0.2) is 58.4 Å². The Hall–Kier alpha value is -2.67. The van der Waals surface area contributed by atoms with Crippen LogP contribution in [0.5, 0.6) is 0 Å². The number of hydrogen-bond donors (Lipinski definition) is 0. The van der Waals surface area contributed by atoms with Gasteiger partial charge in [-0.3, -0.25) is 14.4 Å². The maximum Gasteiger partial charge on any atom is 0.253 e. The van der Waals surface area contributed by atoms with Crippen LogP contribution >= 0.6 is 22.7 Å². The van der Waals surface area contributed by atoms with Gasteiger partial charge in [0.25, 0.3) is 10.0 Å². The van der Waals surface area contributed by atoms with Crippen molar-refractivity contribution in [2.45, 2.75) is 36.1 Å². The van der Waals surface area contributed by atoms with E-state index >= 15 is 0 Å². The number of carbonyl (C=O) groups excluding carboxylic acids is 1. The molecule has 178 valence electrons. The topological polar surface area (TPSA) is 88.4 Å². The second-order valence-corrected chi connectivity index (χ2v) is 12.0. The Kier molecular flexibility index (Phi) is 6.47. The SMILES string of the molecule is O=C(C1CCCCN1S(=O)(=O)c1cccs1)N(CCn1cccn1)c1nc2ccc(F)cc2s1. The molecule has 1 fully saturated rings. The highest BCUT2D eigenvalue weighted by atomic mass is 32.2. The number of thiophene rings is 1. The number of halogens is 1. The van der Waals surface area contributed by atoms with E-state index in [1.807, 2.05) is 0 Å². The van der Waals surface area contributed by atoms with E-state index in [-0.39, 0.29) is 29.0 Å². The molecule has 8 nitrogen and oxygen atoms in total. The molecule has 1 saturated heterocycles. The van der Waals surface area contributed by atoms with Crippen LogP contribution in [0.3, 0.4) is 0 Å². The summed E-state index contributed by atoms with van der Waals surface area (Å²) in [6.45, 7) is 0.953. The van der Waals surface area contributed by atoms with E-state index in [2.05, 4.69) is 10.1 Å². The third kappa shape index (κ3) is 4.50. The number of fused-ring (bicyclic) bond motifs is 1. The summed E-state index contributed by atoms with van der Waals surface area (Å²) < 4.78 is 44.3. The number of nitrogens with zero attached hydrogens (tertiary/aromatic N) is 5. The van der Waals surface area contributed by atoms with Crippen molar-refractivity contribution in [3.05, 3.63) is 60.0 Å². The smallest absolute Gasteiger partial charge is 0.253 e. The number of anilines is 1. The number of sulfonamides is 1. The maximum absolute atomic E-state index is 13.9. The van der Waals surface area contributed by atoms with Crippen LogP contribution in [0.4, 0.5) is 9.52 Å². The first-order valence-corrected chi connectivity index (χ1v) is 14.0. The average molecular weight is 520 g/mol. The second kappa shape index (κ2) is 9.53. The molecule has 1 unspecified atom stereocenters. The van der Waals surface area contributed by atoms with Crippen molar-refractivity contribution in [2.75, 3.05) is 18.0 Å². The van der Waals surface area contributed by atoms with Crippen LogP contribution < -0.4 is 4.90 Å². The van der Waals surface area contributed by atoms with Gasteiger partial charge in [-0.25, -0.2) is 17.8 Å². The molecule has 1 atom stereocenters. The van der Waals surface area contributed by atoms with Gasteiger partial charge in [0.2, 0.25) is 5.91 Å². The van der Waals surface area contributed by atoms with Crippen molar-refractivity contribution in [2.24, 2.45) is 0 Å². The first kappa shape index (κ1) is 23.1. The molecule has 4 heterocycles. The number of benzene rings is 1. The van der Waals surface area contributed by atoms with Gasteiger partial charge in [-0.05, 0) is 48.6 Å². The lowest BCUT2D eigenvalue weighted by Crippen LogP contribution is -2.53. The molecule has 12 heteroatoms. The van der Waals surface area contributed by atoms with Gasteiger partial charge in [0.05, 0.1) is 16.8 Å². The molecule has 1 aliphatic heterocycles. The van der Waals surface area contributed by atoms with Gasteiger partial charge in [0.1, 0.15) is 16.1 Å². The van der Waals surface area contributed by atoms with Crippen LogP contribution in [0.25, 0.3) is 10.2 Å². The van der Waals surface area contributed by atoms with E-state index in [4.69, 9.17) is 0 Å². The van der Waals surface area contributed by atoms with Gasteiger partial charge in [-0.2, -0.15) is 9.40 Å². The normalized spacial score (nSPS) is 17.3. The Labute approximate surface area is 204 Å². The molecule has 1 amide bonds. The highest BCUT2D eigenvalue weighted by molar-refractivity contribution is 7.91. The standard InChI is InChI=1S/C22H22FN5O3S3/c23-16-7-8-17-19(15-16)33-22(25-17)27(13-12-26-10-4-9-24-26)21(29)18-5-1-2-11-28(18)34(30,31)20-6-3-14-32-20/h3-4,6-10,14-15,18H,1-2,5,11-13H2. The predicted molar refractivity (Wildman–Crippen MR) is 130 cm³/mol. The van der Waals surface area contributed by atoms with E-state index in [0.29, 0.717) is 34.7 Å². The number of hydrogen-bond acceptors (Lipinski definition) is 7. The molecule has 34 heavy (non-hydrogen) atoms. The van der Waals surface area contributed by atoms with Gasteiger partial charge in [-0.15, -0.1) is 11.3 Å². The molecule has 0 saturated carbocycles. The summed E-state index contributed by atoms with van der Waals surface area (Å²) in [7, 11) is -3.80. The van der Waals surface area contributed by atoms with Gasteiger partial charge >= 0.3 is 0 Å². The fraction of sp³-hybridized carbons (Fsp3) is 0.318. The van der Waals surface area contributed by atoms with Crippen molar-refractivity contribution in [3.63, 3.8) is 0 Å². The molecular formula is C22H22FN5O3S3. The average Bonchev–Trinajstić information content (AvgIpc) is 3.60. The second-order valence-electron chi connectivity index (χ2n) is 7.93. The lowest BCUT2D eigenvalue weighted by atomic mass is 10.0. The Morgan fingerprint density at radius 2 is 2.12 bits per heavy atom. The minimum Gasteiger partial charge on any atom is -0.285 e. The molecule has 1 aliphatic rings. The summed E-state index contributed by atoms with van der Waals surface area (Å²) in [5.41, 5.74) is 0.588. The Balaban J connectivity index is 1.50. The number of rotatable bonds is 7. The minimum absolute atomic E-state index is 0.228. The van der Waals surface area contributed by atoms with E-state index in [0.717, 1.165) is 17.8 Å². The first-order valence-electron chi connectivity index (χ1n) is 10.8. The summed E-state index contributed by atoms with van der Waals surface area (Å²) in [5.74, 6) is -0.705. The third-order valence-electron chi connectivity index (χ3n) is 5.74. The molecular weight excluding hydrogens is 497 g/mol. The molecule has 5 rings (SSSR count). The predicted octanol–water partition coefficient (Wildman–Crippen LogP) is 3.97. The van der Waals surface area contributed by atoms with Crippen LogP contribution in [0.2, 0.25) is 0 Å². The molecule has 0 spiro atoms. The number of aromatic nitrogens is 3. The summed E-state index contributed by atoms with van der Waals surface area (Å²) in [6.07, 6.45) is 5.34. The maximum atomic E-state index is 13.9. The third-order valence-corrected chi connectivity index (χ3v) is 10.1. The van der Waals surface area contributed by atoms with Gasteiger partial charge in [0, 0.05) is 25.5 Å². The van der Waals surface area contributed by atoms with E-state index < -0.39 is 16.1 Å². The van der Waals surface area contributed by atoms with Crippen molar-refractivity contribution < 1.29 is 17.6 Å². The lowest BCUT2D eigenvalue weighted by molar-refractivity contribution is -0.123. The molecule has 0 radical (unpaired) electrons. The fourth-order valence-electron chi connectivity index (χ4n) is 4.08. The molecule has 1 aromatic carbocycles. The molecule has 3 aromatic heterocycles. The van der Waals surface area contributed by atoms with Crippen molar-refractivity contribution in [1.82, 2.24) is 19.1 Å². The number of thiazole rings is 1. The van der Waals surface area contributed by atoms with Crippen LogP contribution in [-0.2, 0) is 21.4 Å². The number of amides is 1. The molecule has 4 aromatic rings. The van der Waals surface area contributed by atoms with E-state index in [9.17, 15) is 17.6 Å². The molecule has 0 bridgehead atoms. The minimum atomic E-state index is -3.80. The summed E-state index contributed by atoms with van der Waals surface area (Å²) >= 11 is 2.36. The molecule has 0 N–H and O–H groups in total. The highest BCUT2D eigenvalue weighted by Crippen LogP contribution is 2.33.